The fourth-order valence-electron chi connectivity index (χ4n) is 2.63. The zero-order valence-electron chi connectivity index (χ0n) is 16.9. The summed E-state index contributed by atoms with van der Waals surface area (Å²) >= 11 is 1.43. The van der Waals surface area contributed by atoms with E-state index in [4.69, 9.17) is 4.74 Å². The fourth-order valence-corrected chi connectivity index (χ4v) is 4.63. The summed E-state index contributed by atoms with van der Waals surface area (Å²) in [6.45, 7) is 2.70. The first-order valence-electron chi connectivity index (χ1n) is 9.31. The normalized spacial score (nSPS) is 12.2. The lowest BCUT2D eigenvalue weighted by molar-refractivity contribution is -0.146. The Labute approximate surface area is 184 Å². The minimum absolute atomic E-state index is 0.0340. The van der Waals surface area contributed by atoms with E-state index in [9.17, 15) is 18.0 Å². The molecule has 0 unspecified atom stereocenters. The number of carbonyl (C=O) groups is 2. The highest BCUT2D eigenvalue weighted by atomic mass is 32.2. The highest BCUT2D eigenvalue weighted by molar-refractivity contribution is 7.89. The van der Waals surface area contributed by atoms with E-state index in [-0.39, 0.29) is 17.4 Å². The van der Waals surface area contributed by atoms with Crippen molar-refractivity contribution >= 4 is 38.9 Å². The van der Waals surface area contributed by atoms with Gasteiger partial charge in [0.25, 0.3) is 0 Å². The summed E-state index contributed by atoms with van der Waals surface area (Å²) in [5.74, 6) is -0.978. The molecule has 1 aromatic heterocycles. The largest absolute Gasteiger partial charge is 0.458 e. The number of nitrogens with one attached hydrogen (secondary N) is 2. The second-order valence-corrected chi connectivity index (χ2v) is 9.24. The van der Waals surface area contributed by atoms with Crippen LogP contribution in [0.3, 0.4) is 0 Å². The van der Waals surface area contributed by atoms with Crippen molar-refractivity contribution in [2.24, 2.45) is 0 Å². The fraction of sp³-hybridized carbons (Fsp3) is 0.190. The number of esters is 1. The zero-order valence-corrected chi connectivity index (χ0v) is 18.5. The molecule has 2 aromatic carbocycles. The number of hydrogen-bond donors (Lipinski definition) is 2. The first kappa shape index (κ1) is 22.6. The summed E-state index contributed by atoms with van der Waals surface area (Å²) in [6.07, 6.45) is 0. The monoisotopic (exact) mass is 459 g/mol. The van der Waals surface area contributed by atoms with E-state index < -0.39 is 22.0 Å². The van der Waals surface area contributed by atoms with Crippen LogP contribution in [0.2, 0.25) is 0 Å². The summed E-state index contributed by atoms with van der Waals surface area (Å²) in [5.41, 5.74) is 2.02. The van der Waals surface area contributed by atoms with E-state index in [1.54, 1.807) is 5.38 Å². The number of amides is 1. The van der Waals surface area contributed by atoms with Gasteiger partial charge in [0, 0.05) is 23.6 Å². The standard InChI is InChI=1S/C21H21N3O5S2/c1-14(24-31(27,28)19-10-8-17(9-11-19)22-15(2)25)21(26)29-12-18-13-30-20(23-18)16-6-4-3-5-7-16/h3-11,13-14,24H,12H2,1-2H3,(H,22,25)/t14-/m0/s1. The minimum atomic E-state index is -3.94. The van der Waals surface area contributed by atoms with Gasteiger partial charge in [-0.15, -0.1) is 11.3 Å². The molecule has 0 aliphatic heterocycles. The van der Waals surface area contributed by atoms with Gasteiger partial charge in [0.15, 0.2) is 0 Å². The minimum Gasteiger partial charge on any atom is -0.458 e. The predicted octanol–water partition coefficient (Wildman–Crippen LogP) is 3.18. The highest BCUT2D eigenvalue weighted by Crippen LogP contribution is 2.23. The Morgan fingerprint density at radius 3 is 2.42 bits per heavy atom. The number of carbonyl (C=O) groups excluding carboxylic acids is 2. The molecular weight excluding hydrogens is 438 g/mol. The van der Waals surface area contributed by atoms with Gasteiger partial charge in [-0.3, -0.25) is 9.59 Å². The molecule has 0 aliphatic rings. The maximum Gasteiger partial charge on any atom is 0.324 e. The molecule has 0 radical (unpaired) electrons. The molecule has 0 aliphatic carbocycles. The lowest BCUT2D eigenvalue weighted by Crippen LogP contribution is -2.39. The van der Waals surface area contributed by atoms with Gasteiger partial charge in [0.1, 0.15) is 17.7 Å². The van der Waals surface area contributed by atoms with Crippen molar-refractivity contribution in [1.82, 2.24) is 9.71 Å². The molecule has 8 nitrogen and oxygen atoms in total. The number of benzene rings is 2. The van der Waals surface area contributed by atoms with Crippen LogP contribution in [0, 0.1) is 0 Å². The third-order valence-electron chi connectivity index (χ3n) is 4.11. The van der Waals surface area contributed by atoms with E-state index in [0.717, 1.165) is 10.6 Å². The average molecular weight is 460 g/mol. The van der Waals surface area contributed by atoms with Crippen LogP contribution in [0.5, 0.6) is 0 Å². The number of nitrogens with zero attached hydrogens (tertiary/aromatic N) is 1. The molecule has 0 fully saturated rings. The SMILES string of the molecule is CC(=O)Nc1ccc(S(=O)(=O)N[C@@H](C)C(=O)OCc2csc(-c3ccccc3)n2)cc1. The molecule has 3 rings (SSSR count). The van der Waals surface area contributed by atoms with Crippen molar-refractivity contribution in [2.75, 3.05) is 5.32 Å². The Balaban J connectivity index is 1.56. The van der Waals surface area contributed by atoms with E-state index in [1.807, 2.05) is 30.3 Å². The van der Waals surface area contributed by atoms with Crippen LogP contribution in [-0.4, -0.2) is 31.3 Å². The van der Waals surface area contributed by atoms with Gasteiger partial charge >= 0.3 is 5.97 Å². The Kier molecular flexibility index (Phi) is 7.16. The smallest absolute Gasteiger partial charge is 0.324 e. The molecule has 31 heavy (non-hydrogen) atoms. The van der Waals surface area contributed by atoms with Crippen molar-refractivity contribution in [3.05, 3.63) is 65.7 Å². The molecule has 3 aromatic rings. The van der Waals surface area contributed by atoms with E-state index >= 15 is 0 Å². The number of sulfonamides is 1. The molecule has 0 bridgehead atoms. The molecular formula is C21H21N3O5S2. The molecule has 1 amide bonds. The van der Waals surface area contributed by atoms with Crippen LogP contribution in [-0.2, 0) is 31.0 Å². The van der Waals surface area contributed by atoms with Crippen molar-refractivity contribution in [2.45, 2.75) is 31.4 Å². The third-order valence-corrected chi connectivity index (χ3v) is 6.60. The molecule has 1 heterocycles. The first-order chi connectivity index (χ1) is 14.7. The molecule has 2 N–H and O–H groups in total. The molecule has 0 saturated heterocycles. The topological polar surface area (TPSA) is 114 Å². The van der Waals surface area contributed by atoms with Gasteiger partial charge in [-0.25, -0.2) is 13.4 Å². The average Bonchev–Trinajstić information content (AvgIpc) is 3.21. The number of ether oxygens (including phenoxy) is 1. The van der Waals surface area contributed by atoms with Gasteiger partial charge in [0.2, 0.25) is 15.9 Å². The van der Waals surface area contributed by atoms with Crippen LogP contribution < -0.4 is 10.0 Å². The van der Waals surface area contributed by atoms with Crippen molar-refractivity contribution in [3.8, 4) is 10.6 Å². The van der Waals surface area contributed by atoms with Gasteiger partial charge < -0.3 is 10.1 Å². The van der Waals surface area contributed by atoms with Gasteiger partial charge in [-0.1, -0.05) is 30.3 Å². The first-order valence-corrected chi connectivity index (χ1v) is 11.7. The van der Waals surface area contributed by atoms with Crippen LogP contribution in [0.25, 0.3) is 10.6 Å². The van der Waals surface area contributed by atoms with E-state index in [1.165, 1.54) is 49.4 Å². The van der Waals surface area contributed by atoms with Crippen molar-refractivity contribution in [3.63, 3.8) is 0 Å². The zero-order chi connectivity index (χ0) is 22.4. The van der Waals surface area contributed by atoms with Crippen LogP contribution >= 0.6 is 11.3 Å². The van der Waals surface area contributed by atoms with Crippen LogP contribution in [0.1, 0.15) is 19.5 Å². The summed E-state index contributed by atoms with van der Waals surface area (Å²) in [6, 6.07) is 14.1. The number of anilines is 1. The van der Waals surface area contributed by atoms with Gasteiger partial charge in [-0.05, 0) is 31.2 Å². The summed E-state index contributed by atoms with van der Waals surface area (Å²) in [4.78, 5) is 27.7. The number of thiazole rings is 1. The summed E-state index contributed by atoms with van der Waals surface area (Å²) in [7, 11) is -3.94. The maximum atomic E-state index is 12.5. The number of rotatable bonds is 8. The second-order valence-electron chi connectivity index (χ2n) is 6.67. The molecule has 0 spiro atoms. The van der Waals surface area contributed by atoms with Gasteiger partial charge in [-0.2, -0.15) is 4.72 Å². The summed E-state index contributed by atoms with van der Waals surface area (Å²) < 4.78 is 32.5. The van der Waals surface area contributed by atoms with Crippen LogP contribution in [0.4, 0.5) is 5.69 Å². The Bertz CT molecular complexity index is 1160. The lowest BCUT2D eigenvalue weighted by Gasteiger charge is -2.13. The lowest BCUT2D eigenvalue weighted by atomic mass is 10.2. The van der Waals surface area contributed by atoms with Crippen molar-refractivity contribution in [1.29, 1.82) is 0 Å². The van der Waals surface area contributed by atoms with E-state index in [2.05, 4.69) is 15.0 Å². The Morgan fingerprint density at radius 2 is 1.77 bits per heavy atom. The molecule has 162 valence electrons. The van der Waals surface area contributed by atoms with Crippen molar-refractivity contribution < 1.29 is 22.7 Å². The highest BCUT2D eigenvalue weighted by Gasteiger charge is 2.23. The number of aromatic nitrogens is 1. The van der Waals surface area contributed by atoms with E-state index in [0.29, 0.717) is 11.4 Å². The second kappa shape index (κ2) is 9.82. The Hall–Kier alpha value is -3.08. The van der Waals surface area contributed by atoms with Crippen LogP contribution in [0.15, 0.2) is 64.9 Å². The summed E-state index contributed by atoms with van der Waals surface area (Å²) in [5, 5.41) is 5.15. The number of hydrogen-bond acceptors (Lipinski definition) is 7. The molecule has 1 atom stereocenters. The molecule has 10 heteroatoms. The molecule has 0 saturated carbocycles. The Morgan fingerprint density at radius 1 is 1.10 bits per heavy atom. The third kappa shape index (κ3) is 6.20. The maximum absolute atomic E-state index is 12.5. The quantitative estimate of drug-likeness (QED) is 0.500. The predicted molar refractivity (Wildman–Crippen MR) is 118 cm³/mol. The van der Waals surface area contributed by atoms with Gasteiger partial charge in [0.05, 0.1) is 10.6 Å².